The summed E-state index contributed by atoms with van der Waals surface area (Å²) in [6.07, 6.45) is 2.18. The predicted octanol–water partition coefficient (Wildman–Crippen LogP) is 1.97. The number of nitrogens with zero attached hydrogens (tertiary/aromatic N) is 3. The van der Waals surface area contributed by atoms with Crippen LogP contribution >= 0.6 is 0 Å². The Kier molecular flexibility index (Phi) is 5.28. The molecule has 0 fully saturated rings. The van der Waals surface area contributed by atoms with Crippen LogP contribution < -0.4 is 0 Å². The molecule has 2 atom stereocenters. The van der Waals surface area contributed by atoms with Crippen LogP contribution in [0.5, 0.6) is 0 Å². The number of ether oxygens (including phenoxy) is 1. The fourth-order valence-electron chi connectivity index (χ4n) is 2.00. The highest BCUT2D eigenvalue weighted by atomic mass is 16.5. The van der Waals surface area contributed by atoms with Gasteiger partial charge in [0, 0.05) is 19.1 Å². The van der Waals surface area contributed by atoms with Crippen LogP contribution in [-0.2, 0) is 11.2 Å². The summed E-state index contributed by atoms with van der Waals surface area (Å²) < 4.78 is 7.52. The van der Waals surface area contributed by atoms with E-state index < -0.39 is 11.7 Å². The average molecular weight is 255 g/mol. The molecule has 1 aromatic heterocycles. The van der Waals surface area contributed by atoms with Gasteiger partial charge in [0.1, 0.15) is 12.2 Å². The first-order valence-electron chi connectivity index (χ1n) is 6.65. The van der Waals surface area contributed by atoms with Gasteiger partial charge in [-0.15, -0.1) is 0 Å². The zero-order chi connectivity index (χ0) is 13.8. The van der Waals surface area contributed by atoms with Crippen molar-refractivity contribution in [1.82, 2.24) is 14.8 Å². The number of aliphatic hydroxyl groups excluding tert-OH is 1. The Morgan fingerprint density at radius 2 is 2.11 bits per heavy atom. The van der Waals surface area contributed by atoms with Gasteiger partial charge in [0.2, 0.25) is 0 Å². The van der Waals surface area contributed by atoms with Crippen molar-refractivity contribution in [2.45, 2.75) is 65.2 Å². The smallest absolute Gasteiger partial charge is 0.138 e. The van der Waals surface area contributed by atoms with E-state index in [1.54, 1.807) is 0 Å². The van der Waals surface area contributed by atoms with E-state index in [0.29, 0.717) is 13.0 Å². The first-order valence-corrected chi connectivity index (χ1v) is 6.65. The molecule has 0 saturated heterocycles. The predicted molar refractivity (Wildman–Crippen MR) is 70.4 cm³/mol. The molecule has 0 aliphatic carbocycles. The van der Waals surface area contributed by atoms with E-state index >= 15 is 0 Å². The average Bonchev–Trinajstić information content (AvgIpc) is 2.77. The van der Waals surface area contributed by atoms with Crippen molar-refractivity contribution < 1.29 is 9.84 Å². The van der Waals surface area contributed by atoms with E-state index in [-0.39, 0.29) is 6.04 Å². The minimum Gasteiger partial charge on any atom is -0.390 e. The second kappa shape index (κ2) is 6.29. The minimum atomic E-state index is -0.579. The maximum Gasteiger partial charge on any atom is 0.138 e. The number of aliphatic hydroxyl groups is 1. The zero-order valence-electron chi connectivity index (χ0n) is 12.1. The molecule has 0 amide bonds. The molecule has 2 unspecified atom stereocenters. The van der Waals surface area contributed by atoms with E-state index in [1.807, 2.05) is 39.3 Å². The molecule has 0 spiro atoms. The summed E-state index contributed by atoms with van der Waals surface area (Å²) in [5.74, 6) is 0.803. The Hall–Kier alpha value is -0.940. The standard InChI is InChI=1S/C13H25N3O2/c1-6-13(5,18-7-2)11(17)8-12-14-9-15-16(12)10(3)4/h9-11,17H,6-8H2,1-5H3. The molecule has 18 heavy (non-hydrogen) atoms. The number of aromatic nitrogens is 3. The lowest BCUT2D eigenvalue weighted by Crippen LogP contribution is -2.43. The Labute approximate surface area is 109 Å². The van der Waals surface area contributed by atoms with Gasteiger partial charge in [0.15, 0.2) is 0 Å². The van der Waals surface area contributed by atoms with Gasteiger partial charge in [-0.3, -0.25) is 0 Å². The van der Waals surface area contributed by atoms with Gasteiger partial charge in [-0.25, -0.2) is 9.67 Å². The molecule has 5 heteroatoms. The third kappa shape index (κ3) is 3.29. The molecule has 0 radical (unpaired) electrons. The summed E-state index contributed by atoms with van der Waals surface area (Å²) >= 11 is 0. The molecule has 104 valence electrons. The Morgan fingerprint density at radius 3 is 2.61 bits per heavy atom. The summed E-state index contributed by atoms with van der Waals surface area (Å²) in [6, 6.07) is 0.245. The summed E-state index contributed by atoms with van der Waals surface area (Å²) in [6.45, 7) is 10.6. The maximum atomic E-state index is 10.4. The first kappa shape index (κ1) is 15.1. The molecule has 1 rings (SSSR count). The minimum absolute atomic E-state index is 0.245. The van der Waals surface area contributed by atoms with Crippen molar-refractivity contribution in [3.63, 3.8) is 0 Å². The van der Waals surface area contributed by atoms with Crippen LogP contribution in [0.2, 0.25) is 0 Å². The fourth-order valence-corrected chi connectivity index (χ4v) is 2.00. The van der Waals surface area contributed by atoms with E-state index in [4.69, 9.17) is 4.74 Å². The molecule has 1 aromatic rings. The van der Waals surface area contributed by atoms with E-state index in [9.17, 15) is 5.11 Å². The topological polar surface area (TPSA) is 60.2 Å². The van der Waals surface area contributed by atoms with Crippen molar-refractivity contribution in [2.24, 2.45) is 0 Å². The van der Waals surface area contributed by atoms with Crippen LogP contribution in [-0.4, -0.2) is 38.2 Å². The Morgan fingerprint density at radius 1 is 1.44 bits per heavy atom. The van der Waals surface area contributed by atoms with E-state index in [0.717, 1.165) is 12.2 Å². The number of rotatable bonds is 7. The lowest BCUT2D eigenvalue weighted by Gasteiger charge is -2.33. The van der Waals surface area contributed by atoms with Gasteiger partial charge in [0.25, 0.3) is 0 Å². The van der Waals surface area contributed by atoms with Crippen molar-refractivity contribution in [2.75, 3.05) is 6.61 Å². The SMILES string of the molecule is CCOC(C)(CC)C(O)Cc1ncnn1C(C)C. The molecular weight excluding hydrogens is 230 g/mol. The molecule has 0 aliphatic heterocycles. The third-order valence-electron chi connectivity index (χ3n) is 3.39. The van der Waals surface area contributed by atoms with Crippen LogP contribution in [0, 0.1) is 0 Å². The lowest BCUT2D eigenvalue weighted by molar-refractivity contribution is -0.111. The van der Waals surface area contributed by atoms with Gasteiger partial charge in [-0.1, -0.05) is 6.92 Å². The van der Waals surface area contributed by atoms with Crippen LogP contribution in [0.25, 0.3) is 0 Å². The summed E-state index contributed by atoms with van der Waals surface area (Å²) in [4.78, 5) is 4.22. The summed E-state index contributed by atoms with van der Waals surface area (Å²) in [7, 11) is 0. The van der Waals surface area contributed by atoms with Crippen molar-refractivity contribution in [1.29, 1.82) is 0 Å². The maximum absolute atomic E-state index is 10.4. The number of hydrogen-bond donors (Lipinski definition) is 1. The first-order chi connectivity index (χ1) is 8.44. The molecular formula is C13H25N3O2. The Balaban J connectivity index is 2.79. The Bertz CT molecular complexity index is 365. The quantitative estimate of drug-likeness (QED) is 0.809. The van der Waals surface area contributed by atoms with Crippen molar-refractivity contribution in [3.8, 4) is 0 Å². The summed E-state index contributed by atoms with van der Waals surface area (Å²) in [5, 5.41) is 14.5. The highest BCUT2D eigenvalue weighted by molar-refractivity contribution is 4.95. The lowest BCUT2D eigenvalue weighted by atomic mass is 9.93. The molecule has 0 saturated carbocycles. The molecule has 5 nitrogen and oxygen atoms in total. The highest BCUT2D eigenvalue weighted by Crippen LogP contribution is 2.23. The normalized spacial score (nSPS) is 16.8. The van der Waals surface area contributed by atoms with Crippen LogP contribution in [0.15, 0.2) is 6.33 Å². The van der Waals surface area contributed by atoms with E-state index in [2.05, 4.69) is 10.1 Å². The van der Waals surface area contributed by atoms with Crippen LogP contribution in [0.3, 0.4) is 0 Å². The molecule has 1 N–H and O–H groups in total. The molecule has 0 aromatic carbocycles. The zero-order valence-corrected chi connectivity index (χ0v) is 12.1. The molecule has 0 aliphatic rings. The monoisotopic (exact) mass is 255 g/mol. The van der Waals surface area contributed by atoms with E-state index in [1.165, 1.54) is 6.33 Å². The summed E-state index contributed by atoms with van der Waals surface area (Å²) in [5.41, 5.74) is -0.525. The third-order valence-corrected chi connectivity index (χ3v) is 3.39. The highest BCUT2D eigenvalue weighted by Gasteiger charge is 2.33. The molecule has 1 heterocycles. The second-order valence-electron chi connectivity index (χ2n) is 5.03. The van der Waals surface area contributed by atoms with Gasteiger partial charge in [-0.05, 0) is 34.1 Å². The van der Waals surface area contributed by atoms with Gasteiger partial charge < -0.3 is 9.84 Å². The van der Waals surface area contributed by atoms with Crippen molar-refractivity contribution >= 4 is 0 Å². The second-order valence-corrected chi connectivity index (χ2v) is 5.03. The van der Waals surface area contributed by atoms with Gasteiger partial charge in [0.05, 0.1) is 11.7 Å². The van der Waals surface area contributed by atoms with Crippen LogP contribution in [0.4, 0.5) is 0 Å². The van der Waals surface area contributed by atoms with Gasteiger partial charge >= 0.3 is 0 Å². The van der Waals surface area contributed by atoms with Crippen LogP contribution in [0.1, 0.15) is 52.9 Å². The van der Waals surface area contributed by atoms with Gasteiger partial charge in [-0.2, -0.15) is 5.10 Å². The largest absolute Gasteiger partial charge is 0.390 e. The van der Waals surface area contributed by atoms with Crippen molar-refractivity contribution in [3.05, 3.63) is 12.2 Å². The molecule has 0 bridgehead atoms. The number of hydrogen-bond acceptors (Lipinski definition) is 4. The fraction of sp³-hybridized carbons (Fsp3) is 0.846.